The summed E-state index contributed by atoms with van der Waals surface area (Å²) in [5.74, 6) is 2.14. The molecule has 4 rings (SSSR count). The van der Waals surface area contributed by atoms with Crippen LogP contribution >= 0.6 is 0 Å². The second-order valence-electron chi connectivity index (χ2n) is 7.45. The molecule has 6 heteroatoms. The summed E-state index contributed by atoms with van der Waals surface area (Å²) >= 11 is 0. The Kier molecular flexibility index (Phi) is 5.79. The predicted molar refractivity (Wildman–Crippen MR) is 119 cm³/mol. The second kappa shape index (κ2) is 8.82. The largest absolute Gasteiger partial charge is 0.491 e. The third kappa shape index (κ3) is 5.16. The van der Waals surface area contributed by atoms with Crippen LogP contribution in [0.1, 0.15) is 26.7 Å². The summed E-state index contributed by atoms with van der Waals surface area (Å²) in [4.78, 5) is 11.3. The maximum absolute atomic E-state index is 5.68. The molecule has 1 aliphatic rings. The Morgan fingerprint density at radius 3 is 2.21 bits per heavy atom. The molecule has 2 aromatic carbocycles. The first-order valence-electron chi connectivity index (χ1n) is 10.1. The van der Waals surface area contributed by atoms with E-state index in [9.17, 15) is 0 Å². The van der Waals surface area contributed by atoms with Crippen molar-refractivity contribution in [2.24, 2.45) is 0 Å². The third-order valence-corrected chi connectivity index (χ3v) is 4.75. The van der Waals surface area contributed by atoms with Gasteiger partial charge >= 0.3 is 0 Å². The molecule has 1 aromatic heterocycles. The minimum atomic E-state index is 0.161. The smallest absolute Gasteiger partial charge is 0.229 e. The normalized spacial score (nSPS) is 13.6. The number of rotatable bonds is 7. The maximum atomic E-state index is 5.68. The zero-order valence-corrected chi connectivity index (χ0v) is 16.9. The molecule has 0 saturated carbocycles. The van der Waals surface area contributed by atoms with Gasteiger partial charge in [0.15, 0.2) is 0 Å². The van der Waals surface area contributed by atoms with Crippen LogP contribution < -0.4 is 20.3 Å². The molecule has 2 heterocycles. The third-order valence-electron chi connectivity index (χ3n) is 4.75. The SMILES string of the molecule is CC(C)Oc1ccc(Nc2ccnc(Nc3ccc(N4CCCC4)cc3)n2)cc1. The van der Waals surface area contributed by atoms with Crippen molar-refractivity contribution in [1.82, 2.24) is 9.97 Å². The fourth-order valence-corrected chi connectivity index (χ4v) is 3.39. The quantitative estimate of drug-likeness (QED) is 0.568. The molecular formula is C23H27N5O. The van der Waals surface area contributed by atoms with Crippen molar-refractivity contribution in [3.8, 4) is 5.75 Å². The summed E-state index contributed by atoms with van der Waals surface area (Å²) in [5, 5.41) is 6.58. The van der Waals surface area contributed by atoms with E-state index in [1.54, 1.807) is 6.20 Å². The molecule has 0 amide bonds. The van der Waals surface area contributed by atoms with Gasteiger partial charge in [0, 0.05) is 36.3 Å². The zero-order valence-electron chi connectivity index (χ0n) is 16.9. The first kappa shape index (κ1) is 19.1. The average Bonchev–Trinajstić information content (AvgIpc) is 3.25. The van der Waals surface area contributed by atoms with Crippen molar-refractivity contribution in [1.29, 1.82) is 0 Å². The van der Waals surface area contributed by atoms with Gasteiger partial charge in [-0.25, -0.2) is 4.98 Å². The molecule has 150 valence electrons. The van der Waals surface area contributed by atoms with Crippen LogP contribution in [0, 0.1) is 0 Å². The molecule has 0 spiro atoms. The Labute approximate surface area is 172 Å². The van der Waals surface area contributed by atoms with Crippen molar-refractivity contribution in [3.63, 3.8) is 0 Å². The molecule has 1 saturated heterocycles. The zero-order chi connectivity index (χ0) is 20.1. The summed E-state index contributed by atoms with van der Waals surface area (Å²) in [6.45, 7) is 6.32. The van der Waals surface area contributed by atoms with E-state index in [0.29, 0.717) is 5.95 Å². The Morgan fingerprint density at radius 2 is 1.52 bits per heavy atom. The van der Waals surface area contributed by atoms with Gasteiger partial charge in [0.1, 0.15) is 11.6 Å². The summed E-state index contributed by atoms with van der Waals surface area (Å²) in [5.41, 5.74) is 3.19. The van der Waals surface area contributed by atoms with E-state index >= 15 is 0 Å². The van der Waals surface area contributed by atoms with Gasteiger partial charge in [0.25, 0.3) is 0 Å². The molecule has 1 aliphatic heterocycles. The van der Waals surface area contributed by atoms with Gasteiger partial charge in [-0.2, -0.15) is 4.98 Å². The molecule has 0 bridgehead atoms. The van der Waals surface area contributed by atoms with Crippen LogP contribution in [0.2, 0.25) is 0 Å². The molecule has 2 N–H and O–H groups in total. The minimum absolute atomic E-state index is 0.161. The predicted octanol–water partition coefficient (Wildman–Crippen LogP) is 5.35. The van der Waals surface area contributed by atoms with E-state index < -0.39 is 0 Å². The molecule has 29 heavy (non-hydrogen) atoms. The number of benzene rings is 2. The van der Waals surface area contributed by atoms with Gasteiger partial charge in [-0.1, -0.05) is 0 Å². The molecule has 3 aromatic rings. The first-order valence-corrected chi connectivity index (χ1v) is 10.1. The van der Waals surface area contributed by atoms with E-state index in [2.05, 4.69) is 49.8 Å². The molecule has 0 radical (unpaired) electrons. The van der Waals surface area contributed by atoms with Crippen molar-refractivity contribution in [3.05, 3.63) is 60.8 Å². The highest BCUT2D eigenvalue weighted by Crippen LogP contribution is 2.24. The first-order chi connectivity index (χ1) is 14.2. The Morgan fingerprint density at radius 1 is 0.862 bits per heavy atom. The number of aromatic nitrogens is 2. The van der Waals surface area contributed by atoms with E-state index in [-0.39, 0.29) is 6.10 Å². The highest BCUT2D eigenvalue weighted by atomic mass is 16.5. The summed E-state index contributed by atoms with van der Waals surface area (Å²) in [7, 11) is 0. The van der Waals surface area contributed by atoms with E-state index in [4.69, 9.17) is 4.74 Å². The lowest BCUT2D eigenvalue weighted by atomic mass is 10.2. The molecule has 0 aliphatic carbocycles. The summed E-state index contributed by atoms with van der Waals surface area (Å²) in [6.07, 6.45) is 4.46. The topological polar surface area (TPSA) is 62.3 Å². The van der Waals surface area contributed by atoms with Crippen LogP contribution in [-0.4, -0.2) is 29.2 Å². The molecule has 0 unspecified atom stereocenters. The van der Waals surface area contributed by atoms with Crippen LogP contribution in [0.4, 0.5) is 28.8 Å². The Bertz CT molecular complexity index is 919. The minimum Gasteiger partial charge on any atom is -0.491 e. The average molecular weight is 390 g/mol. The number of hydrogen-bond acceptors (Lipinski definition) is 6. The van der Waals surface area contributed by atoms with Crippen LogP contribution in [0.5, 0.6) is 5.75 Å². The van der Waals surface area contributed by atoms with Gasteiger partial charge in [0.2, 0.25) is 5.95 Å². The van der Waals surface area contributed by atoms with Gasteiger partial charge in [-0.05, 0) is 81.3 Å². The van der Waals surface area contributed by atoms with Crippen molar-refractivity contribution in [2.75, 3.05) is 28.6 Å². The number of nitrogens with one attached hydrogen (secondary N) is 2. The molecule has 1 fully saturated rings. The summed E-state index contributed by atoms with van der Waals surface area (Å²) < 4.78 is 5.68. The van der Waals surface area contributed by atoms with Gasteiger partial charge in [-0.3, -0.25) is 0 Å². The number of anilines is 5. The van der Waals surface area contributed by atoms with E-state index in [1.165, 1.54) is 18.5 Å². The molecule has 0 atom stereocenters. The number of ether oxygens (including phenoxy) is 1. The maximum Gasteiger partial charge on any atom is 0.229 e. The fraction of sp³-hybridized carbons (Fsp3) is 0.304. The highest BCUT2D eigenvalue weighted by molar-refractivity contribution is 5.62. The van der Waals surface area contributed by atoms with E-state index in [1.807, 2.05) is 44.2 Å². The van der Waals surface area contributed by atoms with Gasteiger partial charge in [0.05, 0.1) is 6.10 Å². The monoisotopic (exact) mass is 389 g/mol. The van der Waals surface area contributed by atoms with Crippen molar-refractivity contribution in [2.45, 2.75) is 32.8 Å². The van der Waals surface area contributed by atoms with Crippen LogP contribution in [0.25, 0.3) is 0 Å². The molecule has 6 nitrogen and oxygen atoms in total. The number of hydrogen-bond donors (Lipinski definition) is 2. The number of nitrogens with zero attached hydrogens (tertiary/aromatic N) is 3. The summed E-state index contributed by atoms with van der Waals surface area (Å²) in [6, 6.07) is 18.1. The lowest BCUT2D eigenvalue weighted by Gasteiger charge is -2.17. The van der Waals surface area contributed by atoms with Crippen LogP contribution in [0.3, 0.4) is 0 Å². The van der Waals surface area contributed by atoms with Gasteiger partial charge in [-0.15, -0.1) is 0 Å². The van der Waals surface area contributed by atoms with Crippen LogP contribution in [0.15, 0.2) is 60.8 Å². The Hall–Kier alpha value is -3.28. The standard InChI is InChI=1S/C23H27N5O/c1-17(2)29-21-11-7-18(8-12-21)25-22-13-14-24-23(27-22)26-19-5-9-20(10-6-19)28-15-3-4-16-28/h5-14,17H,3-4,15-16H2,1-2H3,(H2,24,25,26,27). The van der Waals surface area contributed by atoms with Gasteiger partial charge < -0.3 is 20.3 Å². The lowest BCUT2D eigenvalue weighted by molar-refractivity contribution is 0.242. The van der Waals surface area contributed by atoms with Crippen LogP contribution in [-0.2, 0) is 0 Å². The van der Waals surface area contributed by atoms with Crippen molar-refractivity contribution < 1.29 is 4.74 Å². The molecular weight excluding hydrogens is 362 g/mol. The second-order valence-corrected chi connectivity index (χ2v) is 7.45. The lowest BCUT2D eigenvalue weighted by Crippen LogP contribution is -2.17. The Balaban J connectivity index is 1.39. The van der Waals surface area contributed by atoms with Crippen molar-refractivity contribution >= 4 is 28.8 Å². The van der Waals surface area contributed by atoms with E-state index in [0.717, 1.165) is 36.0 Å². The highest BCUT2D eigenvalue weighted by Gasteiger charge is 2.12. The fourth-order valence-electron chi connectivity index (χ4n) is 3.39.